The van der Waals surface area contributed by atoms with E-state index < -0.39 is 30.6 Å². The normalized spacial score (nSPS) is 30.5. The van der Waals surface area contributed by atoms with Crippen LogP contribution in [0, 0.1) is 0 Å². The SMILES string of the molecule is C[C@@]1(O)C(O)C(CO)OC1n1cc(/C=N/O)c2c(NO)ncnc21. The Kier molecular flexibility index (Phi) is 4.11. The van der Waals surface area contributed by atoms with Gasteiger partial charge in [-0.2, -0.15) is 0 Å². The van der Waals surface area contributed by atoms with Crippen molar-refractivity contribution in [3.8, 4) is 0 Å². The van der Waals surface area contributed by atoms with Gasteiger partial charge in [0.15, 0.2) is 12.0 Å². The van der Waals surface area contributed by atoms with Crippen LogP contribution in [0.1, 0.15) is 18.7 Å². The summed E-state index contributed by atoms with van der Waals surface area (Å²) >= 11 is 0. The molecule has 1 aliphatic rings. The van der Waals surface area contributed by atoms with Crippen LogP contribution in [0.15, 0.2) is 17.7 Å². The second kappa shape index (κ2) is 5.96. The molecule has 0 spiro atoms. The third-order valence-electron chi connectivity index (χ3n) is 4.13. The second-order valence-corrected chi connectivity index (χ2v) is 5.65. The van der Waals surface area contributed by atoms with Crippen LogP contribution in [0.2, 0.25) is 0 Å². The quantitative estimate of drug-likeness (QED) is 0.234. The Bertz CT molecular complexity index is 776. The highest BCUT2D eigenvalue weighted by Gasteiger charge is 2.53. The molecule has 11 nitrogen and oxygen atoms in total. The lowest BCUT2D eigenvalue weighted by Gasteiger charge is -2.27. The fourth-order valence-electron chi connectivity index (χ4n) is 2.93. The molecule has 0 aromatic carbocycles. The summed E-state index contributed by atoms with van der Waals surface area (Å²) in [6.07, 6.45) is 0.375. The molecule has 6 N–H and O–H groups in total. The fraction of sp³-hybridized carbons (Fsp3) is 0.462. The van der Waals surface area contributed by atoms with Gasteiger partial charge in [-0.05, 0) is 6.92 Å². The topological polar surface area (TPSA) is 165 Å². The summed E-state index contributed by atoms with van der Waals surface area (Å²) in [5.41, 5.74) is 0.800. The monoisotopic (exact) mass is 339 g/mol. The van der Waals surface area contributed by atoms with Gasteiger partial charge in [-0.3, -0.25) is 10.7 Å². The van der Waals surface area contributed by atoms with Crippen LogP contribution in [0.5, 0.6) is 0 Å². The van der Waals surface area contributed by atoms with Gasteiger partial charge in [0.2, 0.25) is 0 Å². The van der Waals surface area contributed by atoms with Crippen molar-refractivity contribution in [3.05, 3.63) is 18.1 Å². The highest BCUT2D eigenvalue weighted by Crippen LogP contribution is 2.40. The number of aliphatic hydroxyl groups excluding tert-OH is 2. The Morgan fingerprint density at radius 1 is 1.50 bits per heavy atom. The van der Waals surface area contributed by atoms with Gasteiger partial charge in [-0.15, -0.1) is 0 Å². The van der Waals surface area contributed by atoms with Gasteiger partial charge in [-0.1, -0.05) is 5.16 Å². The lowest BCUT2D eigenvalue weighted by atomic mass is 9.96. The van der Waals surface area contributed by atoms with E-state index in [1.54, 1.807) is 0 Å². The lowest BCUT2D eigenvalue weighted by molar-refractivity contribution is -0.0948. The van der Waals surface area contributed by atoms with Crippen molar-refractivity contribution >= 4 is 23.1 Å². The van der Waals surface area contributed by atoms with Crippen molar-refractivity contribution in [2.45, 2.75) is 31.0 Å². The van der Waals surface area contributed by atoms with E-state index in [0.29, 0.717) is 10.9 Å². The molecule has 3 rings (SSSR count). The average molecular weight is 339 g/mol. The highest BCUT2D eigenvalue weighted by molar-refractivity contribution is 6.03. The number of aliphatic hydroxyl groups is 3. The standard InChI is InChI=1S/C13H17N5O6/c1-13(21)9(20)7(4-19)24-12(13)18-3-6(2-16-22)8-10(17-23)14-5-15-11(8)18/h2-3,5,7,9,12,19-23H,4H2,1H3,(H,14,15,17)/b16-2+/t7?,9?,12?,13-/m1/s1. The molecule has 1 aliphatic heterocycles. The van der Waals surface area contributed by atoms with Gasteiger partial charge >= 0.3 is 0 Å². The predicted molar refractivity (Wildman–Crippen MR) is 79.9 cm³/mol. The minimum Gasteiger partial charge on any atom is -0.411 e. The maximum Gasteiger partial charge on any atom is 0.167 e. The molecule has 0 bridgehead atoms. The number of hydrogen-bond acceptors (Lipinski definition) is 10. The Hall–Kier alpha value is -2.31. The number of hydrogen-bond donors (Lipinski definition) is 6. The molecule has 24 heavy (non-hydrogen) atoms. The van der Waals surface area contributed by atoms with Gasteiger partial charge in [-0.25, -0.2) is 9.97 Å². The largest absolute Gasteiger partial charge is 0.411 e. The average Bonchev–Trinajstić information content (AvgIpc) is 3.04. The van der Waals surface area contributed by atoms with E-state index in [1.807, 2.05) is 5.48 Å². The molecule has 2 aromatic heterocycles. The summed E-state index contributed by atoms with van der Waals surface area (Å²) in [4.78, 5) is 7.97. The first-order valence-corrected chi connectivity index (χ1v) is 7.05. The minimum atomic E-state index is -1.72. The molecule has 4 atom stereocenters. The molecule has 0 aliphatic carbocycles. The fourth-order valence-corrected chi connectivity index (χ4v) is 2.93. The predicted octanol–water partition coefficient (Wildman–Crippen LogP) is -0.958. The summed E-state index contributed by atoms with van der Waals surface area (Å²) < 4.78 is 6.97. The number of nitrogens with one attached hydrogen (secondary N) is 1. The van der Waals surface area contributed by atoms with E-state index >= 15 is 0 Å². The van der Waals surface area contributed by atoms with Crippen molar-refractivity contribution in [2.75, 3.05) is 12.1 Å². The first-order valence-electron chi connectivity index (χ1n) is 7.05. The van der Waals surface area contributed by atoms with Crippen molar-refractivity contribution < 1.29 is 30.5 Å². The highest BCUT2D eigenvalue weighted by atomic mass is 16.6. The Balaban J connectivity index is 2.20. The molecule has 11 heteroatoms. The van der Waals surface area contributed by atoms with Crippen molar-refractivity contribution in [3.63, 3.8) is 0 Å². The maximum absolute atomic E-state index is 10.6. The number of aromatic nitrogens is 3. The summed E-state index contributed by atoms with van der Waals surface area (Å²) in [6.45, 7) is 0.895. The van der Waals surface area contributed by atoms with Crippen molar-refractivity contribution in [1.82, 2.24) is 14.5 Å². The molecular weight excluding hydrogens is 322 g/mol. The summed E-state index contributed by atoms with van der Waals surface area (Å²) in [7, 11) is 0. The van der Waals surface area contributed by atoms with Crippen molar-refractivity contribution in [2.24, 2.45) is 5.16 Å². The van der Waals surface area contributed by atoms with E-state index in [1.165, 1.54) is 24.0 Å². The molecular formula is C13H17N5O6. The molecule has 2 aromatic rings. The molecule has 0 amide bonds. The van der Waals surface area contributed by atoms with E-state index in [0.717, 1.165) is 6.21 Å². The number of rotatable bonds is 4. The molecule has 0 radical (unpaired) electrons. The number of fused-ring (bicyclic) bond motifs is 1. The summed E-state index contributed by atoms with van der Waals surface area (Å²) in [5.74, 6) is 0.0607. The molecule has 1 saturated heterocycles. The van der Waals surface area contributed by atoms with E-state index in [-0.39, 0.29) is 11.5 Å². The second-order valence-electron chi connectivity index (χ2n) is 5.65. The zero-order valence-corrected chi connectivity index (χ0v) is 12.6. The first-order chi connectivity index (χ1) is 11.5. The number of nitrogens with zero attached hydrogens (tertiary/aromatic N) is 4. The first kappa shape index (κ1) is 16.5. The Morgan fingerprint density at radius 3 is 2.83 bits per heavy atom. The van der Waals surface area contributed by atoms with E-state index in [9.17, 15) is 20.5 Å². The van der Waals surface area contributed by atoms with Gasteiger partial charge in [0.1, 0.15) is 29.8 Å². The van der Waals surface area contributed by atoms with Gasteiger partial charge in [0.25, 0.3) is 0 Å². The van der Waals surface area contributed by atoms with Crippen LogP contribution >= 0.6 is 0 Å². The van der Waals surface area contributed by atoms with E-state index in [4.69, 9.17) is 9.94 Å². The number of anilines is 1. The molecule has 3 heterocycles. The maximum atomic E-state index is 10.6. The van der Waals surface area contributed by atoms with Crippen LogP contribution in [0.4, 0.5) is 5.82 Å². The van der Waals surface area contributed by atoms with Crippen LogP contribution in [0.25, 0.3) is 11.0 Å². The lowest BCUT2D eigenvalue weighted by Crippen LogP contribution is -2.44. The van der Waals surface area contributed by atoms with Gasteiger partial charge in [0, 0.05) is 11.8 Å². The summed E-state index contributed by atoms with van der Waals surface area (Å²) in [5, 5.41) is 51.3. The van der Waals surface area contributed by atoms with Crippen LogP contribution in [0.3, 0.4) is 0 Å². The third-order valence-corrected chi connectivity index (χ3v) is 4.13. The summed E-state index contributed by atoms with van der Waals surface area (Å²) in [6, 6.07) is 0. The number of ether oxygens (including phenoxy) is 1. The third kappa shape index (κ3) is 2.30. The molecule has 130 valence electrons. The minimum absolute atomic E-state index is 0.0607. The molecule has 1 fully saturated rings. The molecule has 0 saturated carbocycles. The van der Waals surface area contributed by atoms with E-state index in [2.05, 4.69) is 15.1 Å². The zero-order chi connectivity index (χ0) is 17.5. The van der Waals surface area contributed by atoms with Gasteiger partial charge < -0.3 is 29.8 Å². The Labute approximate surface area is 135 Å². The van der Waals surface area contributed by atoms with Crippen molar-refractivity contribution in [1.29, 1.82) is 0 Å². The smallest absolute Gasteiger partial charge is 0.167 e. The zero-order valence-electron chi connectivity index (χ0n) is 12.6. The van der Waals surface area contributed by atoms with Crippen LogP contribution in [-0.4, -0.2) is 70.9 Å². The number of oxime groups is 1. The molecule has 3 unspecified atom stereocenters. The van der Waals surface area contributed by atoms with Gasteiger partial charge in [0.05, 0.1) is 18.2 Å². The Morgan fingerprint density at radius 2 is 2.25 bits per heavy atom. The van der Waals surface area contributed by atoms with Crippen LogP contribution in [-0.2, 0) is 4.74 Å². The van der Waals surface area contributed by atoms with Crippen LogP contribution < -0.4 is 5.48 Å².